The number of rotatable bonds is 13. The summed E-state index contributed by atoms with van der Waals surface area (Å²) in [5.41, 5.74) is 0. The van der Waals surface area contributed by atoms with E-state index in [2.05, 4.69) is 0 Å². The molecule has 3 rings (SSSR count). The Kier molecular flexibility index (Phi) is 29.8. The van der Waals surface area contributed by atoms with E-state index in [1.165, 1.54) is 0 Å². The van der Waals surface area contributed by atoms with Gasteiger partial charge in [0, 0.05) is 71.7 Å². The van der Waals surface area contributed by atoms with Gasteiger partial charge in [0.1, 0.15) is 67.1 Å². The van der Waals surface area contributed by atoms with Crippen LogP contribution >= 0.6 is 0 Å². The molecule has 77 heavy (non-hydrogen) atoms. The standard InChI is InChI=1S/C42H72O35/c43-7-1-14-21(50)29(58)37(65)72-16(3-9-45)23(52)31(60)39(67)74-18(5-11-47)25(54)33(62)41(69)77-35-20(13-49)76-42(34(63)27(35)56)75-19(6-12-48)26(55)32(61)40(68)73-17(4-10-46)24(53)30(59)38(66)71-15(2-8-44)22(51)28(57)36(64)70-14/h14-20,25,27,33-69H,1-13H2/b28-22+,29-21+,30-24+,31-23-,32-26+. The van der Waals surface area contributed by atoms with E-state index in [1.807, 2.05) is 0 Å². The summed E-state index contributed by atoms with van der Waals surface area (Å²) < 4.78 is 41.2. The van der Waals surface area contributed by atoms with Gasteiger partial charge < -0.3 is 176 Å². The molecule has 19 atom stereocenters. The lowest BCUT2D eigenvalue weighted by Gasteiger charge is -2.43. The SMILES string of the molecule is OCCC1OC(O)/C(O)=C(\O)C(CCO)OC(O)/C(O)=C(\O)C(CCO)OC(O)/C(O)=C(\O)C(CCO)OC(O)/C(O)=C(\O)C(CCO)OC2OC(CO)C(OC(O)C(O)C(O)C(CCO)OC(O)/C(O)=C\1O)C(O)C2O. The summed E-state index contributed by atoms with van der Waals surface area (Å²) >= 11 is 0. The molecule has 0 aromatic carbocycles. The molecule has 35 nitrogen and oxygen atoms in total. The van der Waals surface area contributed by atoms with Crippen LogP contribution in [0.25, 0.3) is 0 Å². The van der Waals surface area contributed by atoms with Crippen molar-refractivity contribution < 1.29 is 176 Å². The second-order valence-corrected chi connectivity index (χ2v) is 16.7. The molecule has 3 aliphatic heterocycles. The van der Waals surface area contributed by atoms with Crippen LogP contribution in [0.1, 0.15) is 38.5 Å². The summed E-state index contributed by atoms with van der Waals surface area (Å²) in [5, 5.41) is 284. The lowest BCUT2D eigenvalue weighted by molar-refractivity contribution is -0.340. The Balaban J connectivity index is 2.83. The molecule has 0 aliphatic carbocycles. The quantitative estimate of drug-likeness (QED) is 0.0815. The zero-order valence-corrected chi connectivity index (χ0v) is 40.5. The molecular weight excluding hydrogens is 1060 g/mol. The van der Waals surface area contributed by atoms with Gasteiger partial charge in [-0.3, -0.25) is 0 Å². The van der Waals surface area contributed by atoms with Crippen LogP contribution in [-0.2, 0) is 37.9 Å². The number of hydrogen-bond acceptors (Lipinski definition) is 35. The van der Waals surface area contributed by atoms with Crippen LogP contribution in [0.4, 0.5) is 0 Å². The zero-order chi connectivity index (χ0) is 58.6. The second kappa shape index (κ2) is 33.3. The Morgan fingerprint density at radius 3 is 0.831 bits per heavy atom. The first-order chi connectivity index (χ1) is 36.2. The molecule has 3 aliphatic rings. The van der Waals surface area contributed by atoms with Gasteiger partial charge in [-0.15, -0.1) is 0 Å². The van der Waals surface area contributed by atoms with Gasteiger partial charge in [-0.2, -0.15) is 0 Å². The van der Waals surface area contributed by atoms with Crippen LogP contribution in [0.2, 0.25) is 0 Å². The lowest BCUT2D eigenvalue weighted by atomic mass is 9.98. The van der Waals surface area contributed by atoms with E-state index in [1.54, 1.807) is 0 Å². The Bertz CT molecular complexity index is 1910. The summed E-state index contributed by atoms with van der Waals surface area (Å²) in [6.07, 6.45) is -50.8. The second-order valence-electron chi connectivity index (χ2n) is 16.7. The molecule has 1 fully saturated rings. The third kappa shape index (κ3) is 18.9. The van der Waals surface area contributed by atoms with Crippen molar-refractivity contribution in [2.24, 2.45) is 0 Å². The van der Waals surface area contributed by atoms with Crippen LogP contribution in [0.3, 0.4) is 0 Å². The first-order valence-electron chi connectivity index (χ1n) is 23.1. The van der Waals surface area contributed by atoms with E-state index >= 15 is 0 Å². The highest BCUT2D eigenvalue weighted by Crippen LogP contribution is 2.31. The Morgan fingerprint density at radius 1 is 0.260 bits per heavy atom. The van der Waals surface area contributed by atoms with Crippen molar-refractivity contribution >= 4 is 0 Å². The predicted molar refractivity (Wildman–Crippen MR) is 242 cm³/mol. The first kappa shape index (κ1) is 68.8. The molecule has 27 N–H and O–H groups in total. The molecule has 0 amide bonds. The van der Waals surface area contributed by atoms with Gasteiger partial charge in [0.25, 0.3) is 0 Å². The number of ether oxygens (including phenoxy) is 8. The minimum atomic E-state index is -2.86. The Labute approximate surface area is 435 Å². The largest absolute Gasteiger partial charge is 0.506 e. The van der Waals surface area contributed by atoms with E-state index in [9.17, 15) is 138 Å². The fraction of sp³-hybridized carbons (Fsp3) is 0.762. The maximum atomic E-state index is 11.0. The van der Waals surface area contributed by atoms with E-state index in [4.69, 9.17) is 37.9 Å². The fourth-order valence-electron chi connectivity index (χ4n) is 7.07. The molecule has 3 heterocycles. The van der Waals surface area contributed by atoms with Crippen molar-refractivity contribution in [3.8, 4) is 0 Å². The molecule has 450 valence electrons. The van der Waals surface area contributed by atoms with Gasteiger partial charge in [0.05, 0.1) is 12.7 Å². The number of hydrogen-bond donors (Lipinski definition) is 27. The third-order valence-electron chi connectivity index (χ3n) is 11.3. The molecule has 0 saturated carbocycles. The van der Waals surface area contributed by atoms with Crippen LogP contribution in [-0.4, -0.2) is 301 Å². The topological polar surface area (TPSA) is 620 Å². The average Bonchev–Trinajstić information content (AvgIpc) is 3.40. The molecule has 0 aromatic rings. The van der Waals surface area contributed by atoms with Gasteiger partial charge in [-0.1, -0.05) is 0 Å². The zero-order valence-electron chi connectivity index (χ0n) is 40.5. The molecule has 1 saturated heterocycles. The molecule has 35 heteroatoms. The van der Waals surface area contributed by atoms with E-state index in [0.29, 0.717) is 0 Å². The van der Waals surface area contributed by atoms with Gasteiger partial charge >= 0.3 is 0 Å². The Morgan fingerprint density at radius 2 is 0.545 bits per heavy atom. The van der Waals surface area contributed by atoms with Crippen molar-refractivity contribution in [2.75, 3.05) is 46.2 Å². The summed E-state index contributed by atoms with van der Waals surface area (Å²) in [6.45, 7) is -6.98. The summed E-state index contributed by atoms with van der Waals surface area (Å²) in [6, 6.07) is 0. The number of fused-ring (bicyclic) bond motifs is 27. The minimum absolute atomic E-state index is 0.756. The highest BCUT2D eigenvalue weighted by Gasteiger charge is 2.49. The van der Waals surface area contributed by atoms with E-state index < -0.39 is 260 Å². The van der Waals surface area contributed by atoms with Gasteiger partial charge in [-0.05, 0) is 6.42 Å². The van der Waals surface area contributed by atoms with Crippen molar-refractivity contribution in [3.05, 3.63) is 57.6 Å². The molecule has 19 unspecified atom stereocenters. The summed E-state index contributed by atoms with van der Waals surface area (Å²) in [5.74, 6) is -15.9. The van der Waals surface area contributed by atoms with Gasteiger partial charge in [0.2, 0.25) is 31.5 Å². The lowest BCUT2D eigenvalue weighted by Crippen LogP contribution is -2.62. The minimum Gasteiger partial charge on any atom is -0.506 e. The molecule has 0 aromatic heterocycles. The van der Waals surface area contributed by atoms with E-state index in [0.717, 1.165) is 0 Å². The molecule has 0 spiro atoms. The Hall–Kier alpha value is -4.30. The van der Waals surface area contributed by atoms with Crippen molar-refractivity contribution in [3.63, 3.8) is 0 Å². The number of aliphatic hydroxyl groups is 27. The van der Waals surface area contributed by atoms with Crippen LogP contribution in [0, 0.1) is 0 Å². The normalized spacial score (nSPS) is 41.4. The maximum absolute atomic E-state index is 11.0. The summed E-state index contributed by atoms with van der Waals surface area (Å²) in [4.78, 5) is 0. The first-order valence-corrected chi connectivity index (χ1v) is 23.1. The van der Waals surface area contributed by atoms with Crippen molar-refractivity contribution in [1.82, 2.24) is 0 Å². The van der Waals surface area contributed by atoms with Crippen molar-refractivity contribution in [2.45, 2.75) is 156 Å². The monoisotopic (exact) mass is 1140 g/mol. The molecule has 0 radical (unpaired) electrons. The van der Waals surface area contributed by atoms with Crippen LogP contribution in [0.15, 0.2) is 57.6 Å². The van der Waals surface area contributed by atoms with Crippen LogP contribution in [0.5, 0.6) is 0 Å². The molecule has 2 bridgehead atoms. The predicted octanol–water partition coefficient (Wildman–Crippen LogP) is -7.30. The highest BCUT2D eigenvalue weighted by molar-refractivity contribution is 5.14. The molecular formula is C42H72O35. The summed E-state index contributed by atoms with van der Waals surface area (Å²) in [7, 11) is 0. The van der Waals surface area contributed by atoms with E-state index in [-0.39, 0.29) is 0 Å². The smallest absolute Gasteiger partial charge is 0.218 e. The van der Waals surface area contributed by atoms with Crippen LogP contribution < -0.4 is 0 Å². The fourth-order valence-corrected chi connectivity index (χ4v) is 7.07. The maximum Gasteiger partial charge on any atom is 0.218 e. The van der Waals surface area contributed by atoms with Gasteiger partial charge in [-0.25, -0.2) is 0 Å². The average molecular weight is 1140 g/mol. The van der Waals surface area contributed by atoms with Crippen molar-refractivity contribution in [1.29, 1.82) is 0 Å². The number of aliphatic hydroxyl groups excluding tert-OH is 27. The van der Waals surface area contributed by atoms with Gasteiger partial charge in [0.15, 0.2) is 70.2 Å². The third-order valence-corrected chi connectivity index (χ3v) is 11.3. The highest BCUT2D eigenvalue weighted by atomic mass is 16.7.